The molecule has 0 unspecified atom stereocenters. The summed E-state index contributed by atoms with van der Waals surface area (Å²) in [6.45, 7) is 3.23. The van der Waals surface area contributed by atoms with Crippen molar-refractivity contribution >= 4 is 10.0 Å². The first-order valence-electron chi connectivity index (χ1n) is 6.32. The molecule has 0 aliphatic carbocycles. The molecule has 0 atom stereocenters. The summed E-state index contributed by atoms with van der Waals surface area (Å²) >= 11 is 0. The molecule has 132 valence electrons. The summed E-state index contributed by atoms with van der Waals surface area (Å²) in [5, 5.41) is 0. The number of halogens is 6. The lowest BCUT2D eigenvalue weighted by Crippen LogP contribution is -2.46. The fourth-order valence-electron chi connectivity index (χ4n) is 2.06. The van der Waals surface area contributed by atoms with Crippen LogP contribution in [0.15, 0.2) is 23.1 Å². The van der Waals surface area contributed by atoms with Gasteiger partial charge in [0.15, 0.2) is 0 Å². The van der Waals surface area contributed by atoms with Crippen molar-refractivity contribution in [2.24, 2.45) is 0 Å². The molecule has 0 saturated carbocycles. The second kappa shape index (κ2) is 5.97. The van der Waals surface area contributed by atoms with Crippen LogP contribution in [0.3, 0.4) is 0 Å². The molecule has 0 heterocycles. The van der Waals surface area contributed by atoms with E-state index in [1.807, 2.05) is 0 Å². The van der Waals surface area contributed by atoms with Crippen LogP contribution in [-0.4, -0.2) is 20.1 Å². The Morgan fingerprint density at radius 2 is 1.57 bits per heavy atom. The molecule has 10 heteroatoms. The Kier molecular flexibility index (Phi) is 5.13. The highest BCUT2D eigenvalue weighted by atomic mass is 32.2. The Morgan fingerprint density at radius 1 is 1.04 bits per heavy atom. The maximum atomic E-state index is 13.0. The monoisotopic (exact) mass is 363 g/mol. The largest absolute Gasteiger partial charge is 0.417 e. The van der Waals surface area contributed by atoms with Gasteiger partial charge in [0.2, 0.25) is 10.0 Å². The van der Waals surface area contributed by atoms with Crippen LogP contribution >= 0.6 is 0 Å². The van der Waals surface area contributed by atoms with E-state index in [-0.39, 0.29) is 5.56 Å². The highest BCUT2D eigenvalue weighted by Crippen LogP contribution is 2.36. The van der Waals surface area contributed by atoms with Crippen molar-refractivity contribution in [1.82, 2.24) is 4.72 Å². The fourth-order valence-corrected chi connectivity index (χ4v) is 3.68. The first kappa shape index (κ1) is 19.8. The first-order valence-corrected chi connectivity index (χ1v) is 7.80. The smallest absolute Gasteiger partial charge is 0.207 e. The van der Waals surface area contributed by atoms with Gasteiger partial charge in [-0.05, 0) is 32.9 Å². The number of hydrogen-bond donors (Lipinski definition) is 1. The van der Waals surface area contributed by atoms with Crippen molar-refractivity contribution in [3.63, 3.8) is 0 Å². The van der Waals surface area contributed by atoms with Crippen molar-refractivity contribution in [1.29, 1.82) is 0 Å². The van der Waals surface area contributed by atoms with Gasteiger partial charge in [-0.3, -0.25) is 0 Å². The van der Waals surface area contributed by atoms with E-state index in [9.17, 15) is 34.8 Å². The second-order valence-electron chi connectivity index (χ2n) is 5.78. The number of alkyl halides is 6. The van der Waals surface area contributed by atoms with Gasteiger partial charge in [0.25, 0.3) is 0 Å². The highest BCUT2D eigenvalue weighted by molar-refractivity contribution is 7.89. The average Bonchev–Trinajstić information content (AvgIpc) is 2.21. The van der Waals surface area contributed by atoms with Gasteiger partial charge in [-0.2, -0.15) is 26.3 Å². The summed E-state index contributed by atoms with van der Waals surface area (Å²) < 4.78 is 102. The van der Waals surface area contributed by atoms with Crippen LogP contribution in [0.1, 0.15) is 31.4 Å². The standard InChI is InChI=1S/C13H15F6NO2S/c1-8-4-5-10(9(6-8)13(17,18)19)23(21,22)20-11(2,3)7-12(14,15)16/h4-6,20H,7H2,1-3H3. The van der Waals surface area contributed by atoms with Gasteiger partial charge in [0.05, 0.1) is 16.9 Å². The predicted octanol–water partition coefficient (Wildman–Crippen LogP) is 4.02. The quantitative estimate of drug-likeness (QED) is 0.822. The zero-order chi connectivity index (χ0) is 18.3. The predicted molar refractivity (Wildman–Crippen MR) is 71.3 cm³/mol. The van der Waals surface area contributed by atoms with Crippen LogP contribution in [0.2, 0.25) is 0 Å². The molecule has 0 aromatic heterocycles. The number of sulfonamides is 1. The molecule has 1 aromatic carbocycles. The molecule has 0 fully saturated rings. The summed E-state index contributed by atoms with van der Waals surface area (Å²) in [6, 6.07) is 2.50. The van der Waals surface area contributed by atoms with Crippen LogP contribution in [-0.2, 0) is 16.2 Å². The lowest BCUT2D eigenvalue weighted by atomic mass is 10.0. The molecule has 23 heavy (non-hydrogen) atoms. The summed E-state index contributed by atoms with van der Waals surface area (Å²) in [5.41, 5.74) is -3.25. The SMILES string of the molecule is Cc1ccc(S(=O)(=O)NC(C)(C)CC(F)(F)F)c(C(F)(F)F)c1. The van der Waals surface area contributed by atoms with Crippen molar-refractivity contribution < 1.29 is 34.8 Å². The maximum absolute atomic E-state index is 13.0. The molecule has 0 saturated heterocycles. The molecule has 1 aromatic rings. The number of rotatable bonds is 4. The van der Waals surface area contributed by atoms with E-state index in [1.54, 1.807) is 4.72 Å². The summed E-state index contributed by atoms with van der Waals surface area (Å²) in [6.07, 6.45) is -11.1. The molecular weight excluding hydrogens is 348 g/mol. The molecule has 0 spiro atoms. The molecule has 0 radical (unpaired) electrons. The minimum atomic E-state index is -4.95. The Morgan fingerprint density at radius 3 is 2.00 bits per heavy atom. The third-order valence-corrected chi connectivity index (χ3v) is 4.54. The van der Waals surface area contributed by atoms with Gasteiger partial charge < -0.3 is 0 Å². The lowest BCUT2D eigenvalue weighted by Gasteiger charge is -2.27. The van der Waals surface area contributed by atoms with Crippen molar-refractivity contribution in [2.45, 2.75) is 50.0 Å². The van der Waals surface area contributed by atoms with E-state index in [0.717, 1.165) is 26.0 Å². The van der Waals surface area contributed by atoms with Crippen LogP contribution in [0.25, 0.3) is 0 Å². The average molecular weight is 363 g/mol. The van der Waals surface area contributed by atoms with E-state index in [0.29, 0.717) is 6.07 Å². The van der Waals surface area contributed by atoms with Gasteiger partial charge in [-0.15, -0.1) is 0 Å². The first-order chi connectivity index (χ1) is 10.0. The zero-order valence-electron chi connectivity index (χ0n) is 12.4. The van der Waals surface area contributed by atoms with Crippen molar-refractivity contribution in [2.75, 3.05) is 0 Å². The van der Waals surface area contributed by atoms with Crippen LogP contribution < -0.4 is 4.72 Å². The van der Waals surface area contributed by atoms with Crippen LogP contribution in [0, 0.1) is 6.92 Å². The molecule has 0 bridgehead atoms. The Labute approximate surface area is 129 Å². The second-order valence-corrected chi connectivity index (χ2v) is 7.43. The highest BCUT2D eigenvalue weighted by Gasteiger charge is 2.42. The van der Waals surface area contributed by atoms with Crippen molar-refractivity contribution in [3.05, 3.63) is 29.3 Å². The minimum absolute atomic E-state index is 0.172. The van der Waals surface area contributed by atoms with Gasteiger partial charge in [-0.1, -0.05) is 11.6 Å². The van der Waals surface area contributed by atoms with E-state index in [1.165, 1.54) is 6.92 Å². The lowest BCUT2D eigenvalue weighted by molar-refractivity contribution is -0.146. The van der Waals surface area contributed by atoms with Gasteiger partial charge in [0.1, 0.15) is 0 Å². The molecular formula is C13H15F6NO2S. The van der Waals surface area contributed by atoms with Crippen molar-refractivity contribution in [3.8, 4) is 0 Å². The topological polar surface area (TPSA) is 46.2 Å². The Balaban J connectivity index is 3.30. The molecule has 3 nitrogen and oxygen atoms in total. The Hall–Kier alpha value is -1.29. The Bertz CT molecular complexity index is 677. The fraction of sp³-hybridized carbons (Fsp3) is 0.538. The molecule has 0 aliphatic heterocycles. The summed E-state index contributed by atoms with van der Waals surface area (Å²) in [4.78, 5) is -1.11. The summed E-state index contributed by atoms with van der Waals surface area (Å²) in [5.74, 6) is 0. The number of benzene rings is 1. The van der Waals surface area contributed by atoms with Crippen LogP contribution in [0.4, 0.5) is 26.3 Å². The van der Waals surface area contributed by atoms with Gasteiger partial charge >= 0.3 is 12.4 Å². The summed E-state index contributed by atoms with van der Waals surface area (Å²) in [7, 11) is -4.79. The third kappa shape index (κ3) is 5.69. The van der Waals surface area contributed by atoms with Crippen LogP contribution in [0.5, 0.6) is 0 Å². The van der Waals surface area contributed by atoms with Gasteiger partial charge in [0, 0.05) is 5.54 Å². The van der Waals surface area contributed by atoms with Gasteiger partial charge in [-0.25, -0.2) is 13.1 Å². The van der Waals surface area contributed by atoms with E-state index < -0.39 is 44.8 Å². The van der Waals surface area contributed by atoms with E-state index in [4.69, 9.17) is 0 Å². The molecule has 0 aliphatic rings. The normalized spacial score (nSPS) is 14.1. The number of nitrogens with one attached hydrogen (secondary N) is 1. The van der Waals surface area contributed by atoms with E-state index in [2.05, 4.69) is 0 Å². The third-order valence-electron chi connectivity index (χ3n) is 2.78. The van der Waals surface area contributed by atoms with E-state index >= 15 is 0 Å². The molecule has 0 amide bonds. The minimum Gasteiger partial charge on any atom is -0.207 e. The number of hydrogen-bond acceptors (Lipinski definition) is 2. The molecule has 1 rings (SSSR count). The maximum Gasteiger partial charge on any atom is 0.417 e. The number of aryl methyl sites for hydroxylation is 1. The zero-order valence-corrected chi connectivity index (χ0v) is 13.2. The molecule has 1 N–H and O–H groups in total.